The Labute approximate surface area is 162 Å². The summed E-state index contributed by atoms with van der Waals surface area (Å²) >= 11 is 1.28. The van der Waals surface area contributed by atoms with Gasteiger partial charge in [-0.15, -0.1) is 11.3 Å². The molecule has 6 heteroatoms. The molecule has 0 bridgehead atoms. The molecule has 27 heavy (non-hydrogen) atoms. The van der Waals surface area contributed by atoms with E-state index in [2.05, 4.69) is 12.2 Å². The van der Waals surface area contributed by atoms with E-state index in [4.69, 9.17) is 4.42 Å². The summed E-state index contributed by atoms with van der Waals surface area (Å²) in [6.07, 6.45) is 3.38. The number of nitrogens with zero attached hydrogens (tertiary/aromatic N) is 1. The van der Waals surface area contributed by atoms with E-state index >= 15 is 0 Å². The van der Waals surface area contributed by atoms with Crippen LogP contribution in [0.1, 0.15) is 45.6 Å². The highest BCUT2D eigenvalue weighted by molar-refractivity contribution is 7.18. The van der Waals surface area contributed by atoms with Crippen LogP contribution in [0, 0.1) is 6.92 Å². The first kappa shape index (κ1) is 18.9. The van der Waals surface area contributed by atoms with Gasteiger partial charge >= 0.3 is 0 Å². The van der Waals surface area contributed by atoms with Crippen molar-refractivity contribution in [3.05, 3.63) is 71.0 Å². The maximum atomic E-state index is 13.2. The molecule has 0 spiro atoms. The number of carbonyl (C=O) groups excluding carboxylic acids is 2. The molecule has 5 nitrogen and oxygen atoms in total. The van der Waals surface area contributed by atoms with Crippen molar-refractivity contribution in [3.8, 4) is 0 Å². The molecule has 2 heterocycles. The molecule has 2 amide bonds. The summed E-state index contributed by atoms with van der Waals surface area (Å²) in [5.41, 5.74) is 1.72. The minimum absolute atomic E-state index is 0.0457. The van der Waals surface area contributed by atoms with Crippen LogP contribution in [0.15, 0.2) is 59.2 Å². The quantitative estimate of drug-likeness (QED) is 0.599. The molecule has 3 aromatic rings. The molecule has 0 saturated heterocycles. The minimum Gasteiger partial charge on any atom is -0.459 e. The first-order chi connectivity index (χ1) is 13.1. The zero-order valence-electron chi connectivity index (χ0n) is 15.4. The van der Waals surface area contributed by atoms with Crippen LogP contribution in [0.2, 0.25) is 0 Å². The number of furan rings is 1. The number of benzene rings is 1. The minimum atomic E-state index is -0.328. The Morgan fingerprint density at radius 3 is 2.59 bits per heavy atom. The average molecular weight is 382 g/mol. The van der Waals surface area contributed by atoms with Crippen LogP contribution in [0.25, 0.3) is 0 Å². The van der Waals surface area contributed by atoms with Gasteiger partial charge < -0.3 is 14.6 Å². The summed E-state index contributed by atoms with van der Waals surface area (Å²) in [5, 5.41) is 3.42. The number of thiophene rings is 1. The molecule has 0 fully saturated rings. The average Bonchev–Trinajstić information content (AvgIpc) is 3.33. The Hall–Kier alpha value is -2.86. The first-order valence-corrected chi connectivity index (χ1v) is 9.74. The molecule has 0 saturated carbocycles. The summed E-state index contributed by atoms with van der Waals surface area (Å²) in [6.45, 7) is 4.65. The van der Waals surface area contributed by atoms with Gasteiger partial charge in [0.1, 0.15) is 0 Å². The summed E-state index contributed by atoms with van der Waals surface area (Å²) in [5.74, 6) is -0.135. The third-order valence-corrected chi connectivity index (χ3v) is 5.28. The van der Waals surface area contributed by atoms with Crippen molar-refractivity contribution in [3.63, 3.8) is 0 Å². The van der Waals surface area contributed by atoms with Gasteiger partial charge in [0.2, 0.25) is 0 Å². The fourth-order valence-electron chi connectivity index (χ4n) is 2.73. The number of unbranched alkanes of at least 4 members (excludes halogenated alkanes) is 1. The largest absolute Gasteiger partial charge is 0.459 e. The highest BCUT2D eigenvalue weighted by atomic mass is 32.1. The predicted molar refractivity (Wildman–Crippen MR) is 109 cm³/mol. The molecule has 1 N–H and O–H groups in total. The van der Waals surface area contributed by atoms with Gasteiger partial charge in [0.15, 0.2) is 5.76 Å². The van der Waals surface area contributed by atoms with Crippen LogP contribution < -0.4 is 10.2 Å². The molecular formula is C21H22N2O3S. The highest BCUT2D eigenvalue weighted by Crippen LogP contribution is 2.30. The number of carbonyl (C=O) groups is 2. The van der Waals surface area contributed by atoms with Crippen LogP contribution in [0.5, 0.6) is 0 Å². The fraction of sp³-hybridized carbons (Fsp3) is 0.238. The maximum absolute atomic E-state index is 13.2. The van der Waals surface area contributed by atoms with E-state index in [1.54, 1.807) is 17.0 Å². The molecule has 3 rings (SSSR count). The zero-order chi connectivity index (χ0) is 19.2. The van der Waals surface area contributed by atoms with Crippen molar-refractivity contribution in [2.45, 2.75) is 26.7 Å². The second-order valence-electron chi connectivity index (χ2n) is 6.20. The van der Waals surface area contributed by atoms with E-state index in [1.165, 1.54) is 17.6 Å². The van der Waals surface area contributed by atoms with Crippen molar-refractivity contribution >= 4 is 33.8 Å². The summed E-state index contributed by atoms with van der Waals surface area (Å²) < 4.78 is 5.11. The van der Waals surface area contributed by atoms with E-state index in [9.17, 15) is 9.59 Å². The van der Waals surface area contributed by atoms with Gasteiger partial charge in [0.05, 0.1) is 16.1 Å². The predicted octanol–water partition coefficient (Wildman–Crippen LogP) is 5.35. The lowest BCUT2D eigenvalue weighted by atomic mass is 10.2. The molecular weight excluding hydrogens is 360 g/mol. The number of hydrogen-bond acceptors (Lipinski definition) is 4. The van der Waals surface area contributed by atoms with E-state index in [-0.39, 0.29) is 17.6 Å². The molecule has 2 aromatic heterocycles. The zero-order valence-corrected chi connectivity index (χ0v) is 16.2. The Balaban J connectivity index is 1.82. The number of aryl methyl sites for hydroxylation is 1. The van der Waals surface area contributed by atoms with Gasteiger partial charge in [0, 0.05) is 12.2 Å². The van der Waals surface area contributed by atoms with Crippen molar-refractivity contribution < 1.29 is 14.0 Å². The smallest absolute Gasteiger partial charge is 0.291 e. The molecule has 0 radical (unpaired) electrons. The maximum Gasteiger partial charge on any atom is 0.291 e. The van der Waals surface area contributed by atoms with Crippen LogP contribution >= 0.6 is 11.3 Å². The molecule has 0 aliphatic heterocycles. The second-order valence-corrected chi connectivity index (χ2v) is 7.25. The van der Waals surface area contributed by atoms with E-state index in [0.29, 0.717) is 16.4 Å². The molecule has 0 aliphatic rings. The number of anilines is 2. The monoisotopic (exact) mass is 382 g/mol. The topological polar surface area (TPSA) is 62.6 Å². The van der Waals surface area contributed by atoms with Gasteiger partial charge in [-0.3, -0.25) is 9.59 Å². The number of nitrogens with one attached hydrogen (secondary N) is 1. The normalized spacial score (nSPS) is 10.6. The molecule has 1 aromatic carbocycles. The van der Waals surface area contributed by atoms with Crippen LogP contribution in [-0.2, 0) is 0 Å². The summed E-state index contributed by atoms with van der Waals surface area (Å²) in [7, 11) is 0. The van der Waals surface area contributed by atoms with Crippen LogP contribution in [0.3, 0.4) is 0 Å². The van der Waals surface area contributed by atoms with Crippen LogP contribution in [-0.4, -0.2) is 18.4 Å². The van der Waals surface area contributed by atoms with Crippen LogP contribution in [0.4, 0.5) is 10.7 Å². The Bertz CT molecular complexity index is 901. The summed E-state index contributed by atoms with van der Waals surface area (Å²) in [4.78, 5) is 27.8. The fourth-order valence-corrected chi connectivity index (χ4v) is 3.75. The van der Waals surface area contributed by atoms with E-state index < -0.39 is 0 Å². The lowest BCUT2D eigenvalue weighted by molar-refractivity contribution is 0.0984. The van der Waals surface area contributed by atoms with Crippen molar-refractivity contribution in [2.75, 3.05) is 16.8 Å². The number of amides is 2. The SMILES string of the molecule is CCCCN(C(=O)c1sc(NC(=O)c2ccco2)cc1C)c1ccccc1. The first-order valence-electron chi connectivity index (χ1n) is 8.92. The van der Waals surface area contributed by atoms with Gasteiger partial charge in [-0.1, -0.05) is 31.5 Å². The summed E-state index contributed by atoms with van der Waals surface area (Å²) in [6, 6.07) is 14.8. The van der Waals surface area contributed by atoms with E-state index in [0.717, 1.165) is 24.1 Å². The third-order valence-electron chi connectivity index (χ3n) is 4.14. The standard InChI is InChI=1S/C21H22N2O3S/c1-3-4-12-23(16-9-6-5-7-10-16)21(25)19-15(2)14-18(27-19)22-20(24)17-11-8-13-26-17/h5-11,13-14H,3-4,12H2,1-2H3,(H,22,24). The second kappa shape index (κ2) is 8.68. The van der Waals surface area contributed by atoms with Gasteiger partial charge in [-0.2, -0.15) is 0 Å². The Morgan fingerprint density at radius 1 is 1.15 bits per heavy atom. The molecule has 0 aliphatic carbocycles. The lowest BCUT2D eigenvalue weighted by Crippen LogP contribution is -2.31. The van der Waals surface area contributed by atoms with Gasteiger partial charge in [-0.05, 0) is 49.2 Å². The number of para-hydroxylation sites is 1. The molecule has 0 unspecified atom stereocenters. The van der Waals surface area contributed by atoms with Gasteiger partial charge in [-0.25, -0.2) is 0 Å². The number of rotatable bonds is 7. The highest BCUT2D eigenvalue weighted by Gasteiger charge is 2.22. The van der Waals surface area contributed by atoms with Crippen molar-refractivity contribution in [1.29, 1.82) is 0 Å². The Kier molecular flexibility index (Phi) is 6.08. The Morgan fingerprint density at radius 2 is 1.93 bits per heavy atom. The lowest BCUT2D eigenvalue weighted by Gasteiger charge is -2.22. The number of hydrogen-bond donors (Lipinski definition) is 1. The van der Waals surface area contributed by atoms with E-state index in [1.807, 2.05) is 43.3 Å². The van der Waals surface area contributed by atoms with Crippen molar-refractivity contribution in [1.82, 2.24) is 0 Å². The third kappa shape index (κ3) is 4.46. The molecule has 0 atom stereocenters. The van der Waals surface area contributed by atoms with Crippen molar-refractivity contribution in [2.24, 2.45) is 0 Å². The molecule has 140 valence electrons. The van der Waals surface area contributed by atoms with Gasteiger partial charge in [0.25, 0.3) is 11.8 Å².